The number of carbonyl (C=O) groups is 3. The number of amides is 2. The van der Waals surface area contributed by atoms with Gasteiger partial charge in [-0.15, -0.1) is 0 Å². The minimum atomic E-state index is -1.09. The molecule has 1 aliphatic rings. The third-order valence-electron chi connectivity index (χ3n) is 3.95. The van der Waals surface area contributed by atoms with Gasteiger partial charge < -0.3 is 14.8 Å². The Hall–Kier alpha value is -2.41. The standard InChI is InChI=1S/C18H24N2O5/c1-5-14(21)12-6-7-15-13(10-12)20(17(23)18(2,3)25-15)11-16(22)19-8-9-24-4/h6-7,10H,5,8-9,11H2,1-4H3,(H,19,22). The quantitative estimate of drug-likeness (QED) is 0.597. The van der Waals surface area contributed by atoms with E-state index in [2.05, 4.69) is 5.32 Å². The van der Waals surface area contributed by atoms with Gasteiger partial charge in [0, 0.05) is 25.6 Å². The first kappa shape index (κ1) is 18.9. The van der Waals surface area contributed by atoms with Crippen molar-refractivity contribution in [3.63, 3.8) is 0 Å². The number of nitrogens with zero attached hydrogens (tertiary/aromatic N) is 1. The fourth-order valence-corrected chi connectivity index (χ4v) is 2.59. The highest BCUT2D eigenvalue weighted by atomic mass is 16.5. The zero-order valence-electron chi connectivity index (χ0n) is 15.0. The Bertz CT molecular complexity index is 684. The van der Waals surface area contributed by atoms with Crippen LogP contribution in [-0.2, 0) is 14.3 Å². The summed E-state index contributed by atoms with van der Waals surface area (Å²) in [4.78, 5) is 38.2. The van der Waals surface area contributed by atoms with E-state index < -0.39 is 5.60 Å². The number of hydrogen-bond acceptors (Lipinski definition) is 5. The Kier molecular flexibility index (Phi) is 5.79. The zero-order chi connectivity index (χ0) is 18.6. The molecule has 0 saturated heterocycles. The number of Topliss-reactive ketones (excluding diaryl/α,β-unsaturated/α-hetero) is 1. The number of fused-ring (bicyclic) bond motifs is 1. The fourth-order valence-electron chi connectivity index (χ4n) is 2.59. The zero-order valence-corrected chi connectivity index (χ0v) is 15.0. The van der Waals surface area contributed by atoms with Gasteiger partial charge in [0.05, 0.1) is 12.3 Å². The monoisotopic (exact) mass is 348 g/mol. The number of benzene rings is 1. The highest BCUT2D eigenvalue weighted by Crippen LogP contribution is 2.38. The topological polar surface area (TPSA) is 84.9 Å². The lowest BCUT2D eigenvalue weighted by Gasteiger charge is -2.38. The number of rotatable bonds is 7. The van der Waals surface area contributed by atoms with Crippen LogP contribution in [0.5, 0.6) is 5.75 Å². The van der Waals surface area contributed by atoms with Gasteiger partial charge in [0.25, 0.3) is 5.91 Å². The predicted octanol–water partition coefficient (Wildman–Crippen LogP) is 1.55. The molecule has 1 aromatic carbocycles. The van der Waals surface area contributed by atoms with Crippen LogP contribution in [0.3, 0.4) is 0 Å². The van der Waals surface area contributed by atoms with Gasteiger partial charge in [0.15, 0.2) is 11.4 Å². The summed E-state index contributed by atoms with van der Waals surface area (Å²) in [5.41, 5.74) is -0.163. The first-order valence-electron chi connectivity index (χ1n) is 8.24. The van der Waals surface area contributed by atoms with E-state index in [1.165, 1.54) is 4.90 Å². The molecule has 1 N–H and O–H groups in total. The molecule has 136 valence electrons. The van der Waals surface area contributed by atoms with Gasteiger partial charge in [-0.05, 0) is 32.0 Å². The van der Waals surface area contributed by atoms with Gasteiger partial charge in [-0.2, -0.15) is 0 Å². The minimum Gasteiger partial charge on any atom is -0.476 e. The molecule has 1 heterocycles. The summed E-state index contributed by atoms with van der Waals surface area (Å²) in [5, 5.41) is 2.69. The number of nitrogens with one attached hydrogen (secondary N) is 1. The number of methoxy groups -OCH3 is 1. The molecule has 1 aromatic rings. The van der Waals surface area contributed by atoms with E-state index in [9.17, 15) is 14.4 Å². The summed E-state index contributed by atoms with van der Waals surface area (Å²) >= 11 is 0. The molecule has 0 unspecified atom stereocenters. The number of hydrogen-bond donors (Lipinski definition) is 1. The SMILES string of the molecule is CCC(=O)c1ccc2c(c1)N(CC(=O)NCCOC)C(=O)C(C)(C)O2. The maximum absolute atomic E-state index is 12.7. The Balaban J connectivity index is 2.32. The van der Waals surface area contributed by atoms with E-state index in [-0.39, 0.29) is 24.1 Å². The second kappa shape index (κ2) is 7.65. The lowest BCUT2D eigenvalue weighted by Crippen LogP contribution is -2.55. The Morgan fingerprint density at radius 1 is 1.32 bits per heavy atom. The van der Waals surface area contributed by atoms with Crippen LogP contribution < -0.4 is 15.0 Å². The summed E-state index contributed by atoms with van der Waals surface area (Å²) in [6, 6.07) is 4.95. The summed E-state index contributed by atoms with van der Waals surface area (Å²) in [5.74, 6) is -0.198. The summed E-state index contributed by atoms with van der Waals surface area (Å²) in [6.07, 6.45) is 0.358. The van der Waals surface area contributed by atoms with Crippen molar-refractivity contribution in [3.05, 3.63) is 23.8 Å². The van der Waals surface area contributed by atoms with Crippen LogP contribution in [-0.4, -0.2) is 50.0 Å². The van der Waals surface area contributed by atoms with Gasteiger partial charge >= 0.3 is 0 Å². The van der Waals surface area contributed by atoms with Crippen LogP contribution in [0.4, 0.5) is 5.69 Å². The summed E-state index contributed by atoms with van der Waals surface area (Å²) in [7, 11) is 1.54. The van der Waals surface area contributed by atoms with Gasteiger partial charge in [0.1, 0.15) is 12.3 Å². The molecule has 2 amide bonds. The van der Waals surface area contributed by atoms with Crippen molar-refractivity contribution < 1.29 is 23.9 Å². The maximum Gasteiger partial charge on any atom is 0.271 e. The Morgan fingerprint density at radius 2 is 2.04 bits per heavy atom. The molecule has 0 bridgehead atoms. The lowest BCUT2D eigenvalue weighted by atomic mass is 10.0. The van der Waals surface area contributed by atoms with Gasteiger partial charge in [-0.1, -0.05) is 6.92 Å². The number of ketones is 1. The molecule has 25 heavy (non-hydrogen) atoms. The van der Waals surface area contributed by atoms with Crippen molar-refractivity contribution in [1.29, 1.82) is 0 Å². The molecule has 0 radical (unpaired) electrons. The largest absolute Gasteiger partial charge is 0.476 e. The molecule has 2 rings (SSSR count). The van der Waals surface area contributed by atoms with Gasteiger partial charge in [0.2, 0.25) is 5.91 Å². The molecule has 1 aliphatic heterocycles. The van der Waals surface area contributed by atoms with Crippen molar-refractivity contribution in [2.45, 2.75) is 32.8 Å². The van der Waals surface area contributed by atoms with Gasteiger partial charge in [-0.3, -0.25) is 19.3 Å². The smallest absolute Gasteiger partial charge is 0.271 e. The molecular weight excluding hydrogens is 324 g/mol. The highest BCUT2D eigenvalue weighted by Gasteiger charge is 2.41. The van der Waals surface area contributed by atoms with E-state index in [0.717, 1.165) is 0 Å². The van der Waals surface area contributed by atoms with Crippen LogP contribution in [0.25, 0.3) is 0 Å². The van der Waals surface area contributed by atoms with Crippen LogP contribution in [0.1, 0.15) is 37.6 Å². The van der Waals surface area contributed by atoms with Crippen molar-refractivity contribution in [3.8, 4) is 5.75 Å². The van der Waals surface area contributed by atoms with Crippen molar-refractivity contribution in [1.82, 2.24) is 5.32 Å². The predicted molar refractivity (Wildman–Crippen MR) is 93.0 cm³/mol. The van der Waals surface area contributed by atoms with Crippen molar-refractivity contribution in [2.24, 2.45) is 0 Å². The minimum absolute atomic E-state index is 0.0374. The first-order valence-corrected chi connectivity index (χ1v) is 8.24. The van der Waals surface area contributed by atoms with Crippen LogP contribution in [0, 0.1) is 0 Å². The second-order valence-electron chi connectivity index (χ2n) is 6.31. The average molecular weight is 348 g/mol. The normalized spacial score (nSPS) is 15.4. The number of anilines is 1. The van der Waals surface area contributed by atoms with Gasteiger partial charge in [-0.25, -0.2) is 0 Å². The van der Waals surface area contributed by atoms with Crippen LogP contribution in [0.15, 0.2) is 18.2 Å². The lowest BCUT2D eigenvalue weighted by molar-refractivity contribution is -0.134. The molecule has 0 fully saturated rings. The highest BCUT2D eigenvalue weighted by molar-refractivity contribution is 6.07. The van der Waals surface area contributed by atoms with E-state index in [0.29, 0.717) is 36.6 Å². The van der Waals surface area contributed by atoms with E-state index in [4.69, 9.17) is 9.47 Å². The second-order valence-corrected chi connectivity index (χ2v) is 6.31. The summed E-state index contributed by atoms with van der Waals surface area (Å²) < 4.78 is 10.7. The number of ether oxygens (including phenoxy) is 2. The molecule has 0 aromatic heterocycles. The molecule has 0 spiro atoms. The third-order valence-corrected chi connectivity index (χ3v) is 3.95. The molecule has 0 saturated carbocycles. The van der Waals surface area contributed by atoms with E-state index >= 15 is 0 Å². The summed E-state index contributed by atoms with van der Waals surface area (Å²) in [6.45, 7) is 5.68. The molecule has 0 atom stereocenters. The van der Waals surface area contributed by atoms with E-state index in [1.807, 2.05) is 0 Å². The average Bonchev–Trinajstić information content (AvgIpc) is 2.58. The Morgan fingerprint density at radius 3 is 2.68 bits per heavy atom. The number of carbonyl (C=O) groups excluding carboxylic acids is 3. The maximum atomic E-state index is 12.7. The van der Waals surface area contributed by atoms with E-state index in [1.54, 1.807) is 46.1 Å². The molecular formula is C18H24N2O5. The Labute approximate surface area is 147 Å². The van der Waals surface area contributed by atoms with Crippen LogP contribution >= 0.6 is 0 Å². The van der Waals surface area contributed by atoms with Crippen molar-refractivity contribution >= 4 is 23.3 Å². The van der Waals surface area contributed by atoms with Crippen molar-refractivity contribution in [2.75, 3.05) is 31.7 Å². The molecule has 7 nitrogen and oxygen atoms in total. The fraction of sp³-hybridized carbons (Fsp3) is 0.500. The first-order chi connectivity index (χ1) is 11.8. The molecule has 0 aliphatic carbocycles. The third kappa shape index (κ3) is 4.17. The molecule has 7 heteroatoms. The van der Waals surface area contributed by atoms with Crippen LogP contribution in [0.2, 0.25) is 0 Å².